The van der Waals surface area contributed by atoms with Gasteiger partial charge in [0, 0.05) is 18.8 Å². The third kappa shape index (κ3) is 3.66. The number of carbonyl (C=O) groups is 1. The van der Waals surface area contributed by atoms with Crippen molar-refractivity contribution in [2.75, 3.05) is 0 Å². The number of aryl methyl sites for hydroxylation is 1. The van der Waals surface area contributed by atoms with Crippen LogP contribution in [0.15, 0.2) is 41.4 Å². The van der Waals surface area contributed by atoms with Crippen LogP contribution in [0.2, 0.25) is 0 Å². The normalized spacial score (nSPS) is 16.7. The minimum atomic E-state index is -3.94. The molecule has 1 aliphatic carbocycles. The van der Waals surface area contributed by atoms with Gasteiger partial charge in [-0.2, -0.15) is 0 Å². The summed E-state index contributed by atoms with van der Waals surface area (Å²) in [4.78, 5) is 11.3. The summed E-state index contributed by atoms with van der Waals surface area (Å²) in [6.07, 6.45) is 4.99. The van der Waals surface area contributed by atoms with Gasteiger partial charge < -0.3 is 10.3 Å². The molecule has 3 rings (SSSR count). The van der Waals surface area contributed by atoms with Gasteiger partial charge in [-0.15, -0.1) is 0 Å². The van der Waals surface area contributed by atoms with E-state index in [2.05, 4.69) is 4.72 Å². The fourth-order valence-electron chi connectivity index (χ4n) is 3.59. The summed E-state index contributed by atoms with van der Waals surface area (Å²) in [6, 6.07) is 6.80. The van der Waals surface area contributed by atoms with Crippen LogP contribution < -0.4 is 10.5 Å². The topological polar surface area (TPSA) is 94.2 Å². The second kappa shape index (κ2) is 7.20. The fraction of sp³-hybridized carbons (Fsp3) is 0.389. The average Bonchev–Trinajstić information content (AvgIpc) is 3.23. The Kier molecular flexibility index (Phi) is 5.15. The van der Waals surface area contributed by atoms with E-state index in [9.17, 15) is 17.6 Å². The first-order valence-electron chi connectivity index (χ1n) is 8.52. The van der Waals surface area contributed by atoms with Gasteiger partial charge in [0.25, 0.3) is 5.91 Å². The molecule has 0 bridgehead atoms. The van der Waals surface area contributed by atoms with E-state index >= 15 is 0 Å². The number of carbonyl (C=O) groups excluding carboxylic acids is 1. The van der Waals surface area contributed by atoms with Crippen LogP contribution in [0, 0.1) is 11.7 Å². The van der Waals surface area contributed by atoms with E-state index in [1.54, 1.807) is 25.2 Å². The minimum absolute atomic E-state index is 0.0287. The van der Waals surface area contributed by atoms with E-state index < -0.39 is 27.8 Å². The summed E-state index contributed by atoms with van der Waals surface area (Å²) >= 11 is 0. The number of amides is 1. The highest BCUT2D eigenvalue weighted by Crippen LogP contribution is 2.37. The molecule has 1 saturated carbocycles. The van der Waals surface area contributed by atoms with Gasteiger partial charge in [-0.25, -0.2) is 17.5 Å². The lowest BCUT2D eigenvalue weighted by Crippen LogP contribution is -2.33. The molecule has 1 atom stereocenters. The number of aromatic nitrogens is 1. The highest BCUT2D eigenvalue weighted by atomic mass is 32.2. The largest absolute Gasteiger partial charge is 0.364 e. The van der Waals surface area contributed by atoms with Gasteiger partial charge in [0.2, 0.25) is 10.0 Å². The maximum atomic E-state index is 14.3. The molecule has 26 heavy (non-hydrogen) atoms. The molecule has 1 aliphatic rings. The Morgan fingerprint density at radius 2 is 1.96 bits per heavy atom. The van der Waals surface area contributed by atoms with Crippen molar-refractivity contribution in [3.05, 3.63) is 53.6 Å². The molecule has 0 radical (unpaired) electrons. The Balaban J connectivity index is 1.96. The fourth-order valence-corrected chi connectivity index (χ4v) is 4.95. The molecule has 1 aromatic heterocycles. The third-order valence-corrected chi connectivity index (χ3v) is 6.34. The van der Waals surface area contributed by atoms with Crippen molar-refractivity contribution in [1.82, 2.24) is 9.29 Å². The monoisotopic (exact) mass is 379 g/mol. The van der Waals surface area contributed by atoms with E-state index in [1.807, 2.05) is 0 Å². The maximum absolute atomic E-state index is 14.3. The van der Waals surface area contributed by atoms with Crippen LogP contribution in [0.1, 0.15) is 47.8 Å². The lowest BCUT2D eigenvalue weighted by Gasteiger charge is -2.25. The second-order valence-corrected chi connectivity index (χ2v) is 8.42. The van der Waals surface area contributed by atoms with Crippen molar-refractivity contribution in [3.8, 4) is 0 Å². The lowest BCUT2D eigenvalue weighted by atomic mass is 9.92. The predicted molar refractivity (Wildman–Crippen MR) is 95.4 cm³/mol. The van der Waals surface area contributed by atoms with Crippen molar-refractivity contribution in [1.29, 1.82) is 0 Å². The zero-order valence-electron chi connectivity index (χ0n) is 14.5. The summed E-state index contributed by atoms with van der Waals surface area (Å²) in [5, 5.41) is 0. The number of nitrogens with one attached hydrogen (secondary N) is 1. The van der Waals surface area contributed by atoms with E-state index in [-0.39, 0.29) is 16.5 Å². The van der Waals surface area contributed by atoms with E-state index in [4.69, 9.17) is 5.73 Å². The van der Waals surface area contributed by atoms with E-state index in [1.165, 1.54) is 22.9 Å². The maximum Gasteiger partial charge on any atom is 0.265 e. The third-order valence-electron chi connectivity index (χ3n) is 4.94. The minimum Gasteiger partial charge on any atom is -0.364 e. The molecule has 0 aliphatic heterocycles. The van der Waals surface area contributed by atoms with Crippen LogP contribution in [0.3, 0.4) is 0 Å². The molecule has 1 heterocycles. The summed E-state index contributed by atoms with van der Waals surface area (Å²) in [7, 11) is -2.40. The van der Waals surface area contributed by atoms with Crippen LogP contribution in [0.4, 0.5) is 4.39 Å². The number of benzene rings is 1. The molecular weight excluding hydrogens is 357 g/mol. The first kappa shape index (κ1) is 18.6. The van der Waals surface area contributed by atoms with Crippen LogP contribution in [-0.2, 0) is 17.1 Å². The van der Waals surface area contributed by atoms with Crippen molar-refractivity contribution < 1.29 is 17.6 Å². The molecular formula is C18H22FN3O3S. The highest BCUT2D eigenvalue weighted by molar-refractivity contribution is 7.89. The smallest absolute Gasteiger partial charge is 0.265 e. The highest BCUT2D eigenvalue weighted by Gasteiger charge is 2.32. The molecule has 0 spiro atoms. The predicted octanol–water partition coefficient (Wildman–Crippen LogP) is 2.47. The van der Waals surface area contributed by atoms with Crippen LogP contribution >= 0.6 is 0 Å². The van der Waals surface area contributed by atoms with Crippen molar-refractivity contribution in [3.63, 3.8) is 0 Å². The number of nitrogens with two attached hydrogens (primary N) is 1. The lowest BCUT2D eigenvalue weighted by molar-refractivity contribution is 0.0992. The number of hydrogen-bond acceptors (Lipinski definition) is 3. The molecule has 2 aromatic rings. The van der Waals surface area contributed by atoms with Crippen LogP contribution in [-0.4, -0.2) is 18.9 Å². The molecule has 6 nitrogen and oxygen atoms in total. The first-order chi connectivity index (χ1) is 12.3. The molecule has 8 heteroatoms. The quantitative estimate of drug-likeness (QED) is 0.807. The van der Waals surface area contributed by atoms with Crippen LogP contribution in [0.25, 0.3) is 0 Å². The Hall–Kier alpha value is -2.19. The first-order valence-corrected chi connectivity index (χ1v) is 10.0. The van der Waals surface area contributed by atoms with Gasteiger partial charge in [0.05, 0.1) is 6.04 Å². The van der Waals surface area contributed by atoms with Gasteiger partial charge in [-0.05, 0) is 30.9 Å². The summed E-state index contributed by atoms with van der Waals surface area (Å²) in [5.74, 6) is -1.12. The van der Waals surface area contributed by atoms with Gasteiger partial charge in [-0.3, -0.25) is 4.79 Å². The Labute approximate surface area is 152 Å². The zero-order valence-corrected chi connectivity index (χ0v) is 15.3. The summed E-state index contributed by atoms with van der Waals surface area (Å²) in [5.41, 5.74) is 5.69. The summed E-state index contributed by atoms with van der Waals surface area (Å²) < 4.78 is 44.1. The van der Waals surface area contributed by atoms with Gasteiger partial charge in [0.1, 0.15) is 16.4 Å². The Morgan fingerprint density at radius 1 is 1.31 bits per heavy atom. The molecule has 140 valence electrons. The molecule has 0 saturated heterocycles. The number of halogens is 1. The van der Waals surface area contributed by atoms with Crippen LogP contribution in [0.5, 0.6) is 0 Å². The van der Waals surface area contributed by atoms with Gasteiger partial charge >= 0.3 is 0 Å². The Bertz CT molecular complexity index is 918. The van der Waals surface area contributed by atoms with Crippen molar-refractivity contribution >= 4 is 15.9 Å². The molecule has 1 fully saturated rings. The van der Waals surface area contributed by atoms with E-state index in [0.29, 0.717) is 5.56 Å². The number of rotatable bonds is 6. The van der Waals surface area contributed by atoms with Crippen molar-refractivity contribution in [2.45, 2.75) is 36.6 Å². The van der Waals surface area contributed by atoms with Gasteiger partial charge in [-0.1, -0.05) is 31.0 Å². The molecule has 1 aromatic carbocycles. The standard InChI is InChI=1S/C18H22FN3O3S/c1-22-11-13(10-16(22)18(20)23)26(24,25)21-17(12-6-2-3-7-12)14-8-4-5-9-15(14)19/h4-5,8-12,17,21H,2-3,6-7H2,1H3,(H2,20,23)/t17-/m0/s1. The number of primary amides is 1. The Morgan fingerprint density at radius 3 is 2.54 bits per heavy atom. The van der Waals surface area contributed by atoms with Gasteiger partial charge in [0.15, 0.2) is 0 Å². The molecule has 1 amide bonds. The average molecular weight is 379 g/mol. The number of nitrogens with zero attached hydrogens (tertiary/aromatic N) is 1. The molecule has 0 unspecified atom stereocenters. The van der Waals surface area contributed by atoms with Crippen molar-refractivity contribution in [2.24, 2.45) is 18.7 Å². The number of sulfonamides is 1. The molecule has 3 N–H and O–H groups in total. The summed E-state index contributed by atoms with van der Waals surface area (Å²) in [6.45, 7) is 0. The zero-order chi connectivity index (χ0) is 18.9. The number of hydrogen-bond donors (Lipinski definition) is 2. The second-order valence-electron chi connectivity index (χ2n) is 6.70. The van der Waals surface area contributed by atoms with E-state index in [0.717, 1.165) is 25.7 Å². The SMILES string of the molecule is Cn1cc(S(=O)(=O)N[C@H](c2ccccc2F)C2CCCC2)cc1C(N)=O.